The quantitative estimate of drug-likeness (QED) is 0.340. The Balaban J connectivity index is 1.77. The number of carbonyl (C=O) groups is 2. The van der Waals surface area contributed by atoms with E-state index in [2.05, 4.69) is 15.4 Å². The van der Waals surface area contributed by atoms with Gasteiger partial charge in [-0.1, -0.05) is 11.6 Å². The van der Waals surface area contributed by atoms with Crippen LogP contribution in [0.15, 0.2) is 24.4 Å². The molecule has 2 amide bonds. The largest absolute Gasteiger partial charge is 0.365 e. The molecule has 4 rings (SSSR count). The number of nitrogens with zero attached hydrogens (tertiary/aromatic N) is 3. The normalized spacial score (nSPS) is 11.5. The number of alkyl halides is 2. The van der Waals surface area contributed by atoms with Crippen molar-refractivity contribution in [2.24, 2.45) is 5.73 Å². The summed E-state index contributed by atoms with van der Waals surface area (Å²) in [6, 6.07) is 4.97. The van der Waals surface area contributed by atoms with Gasteiger partial charge < -0.3 is 11.1 Å². The average Bonchev–Trinajstić information content (AvgIpc) is 3.44. The first-order valence-corrected chi connectivity index (χ1v) is 11.8. The number of halogens is 3. The predicted molar refractivity (Wildman–Crippen MR) is 126 cm³/mol. The Kier molecular flexibility index (Phi) is 6.46. The van der Waals surface area contributed by atoms with Crippen molar-refractivity contribution in [1.82, 2.24) is 14.8 Å². The first-order chi connectivity index (χ1) is 15.7. The fourth-order valence-corrected chi connectivity index (χ4v) is 5.40. The van der Waals surface area contributed by atoms with Crippen LogP contribution >= 0.6 is 34.3 Å². The summed E-state index contributed by atoms with van der Waals surface area (Å²) in [6.07, 6.45) is -1.26. The second-order valence-electron chi connectivity index (χ2n) is 7.26. The van der Waals surface area contributed by atoms with Crippen LogP contribution in [0.1, 0.15) is 38.8 Å². The molecule has 4 aromatic heterocycles. The van der Waals surface area contributed by atoms with E-state index in [0.29, 0.717) is 20.8 Å². The summed E-state index contributed by atoms with van der Waals surface area (Å²) in [5.41, 5.74) is 6.50. The highest BCUT2D eigenvalue weighted by atomic mass is 35.5. The number of amides is 2. The monoisotopic (exact) mass is 509 g/mol. The van der Waals surface area contributed by atoms with E-state index in [0.717, 1.165) is 21.9 Å². The number of nitrogens with two attached hydrogens (primary N) is 1. The van der Waals surface area contributed by atoms with Gasteiger partial charge in [0.15, 0.2) is 0 Å². The molecule has 7 nitrogen and oxygen atoms in total. The fourth-order valence-electron chi connectivity index (χ4n) is 3.35. The van der Waals surface area contributed by atoms with E-state index in [1.165, 1.54) is 23.6 Å². The highest BCUT2D eigenvalue weighted by molar-refractivity contribution is 7.21. The number of aromatic nitrogens is 3. The lowest BCUT2D eigenvalue weighted by atomic mass is 10.1. The molecule has 3 N–H and O–H groups in total. The standard InChI is InChI=1S/C21H18ClF2N5O2S2/c1-9-3-4-14(32-9)11-7-13(19(23)24)27-21-16(11)17(18(33-21)20(25)31)28-15(30)5-6-29-10(2)12(22)8-26-29/h3-4,7-8,19H,5-6H2,1-2H3,(H2,25,31)(H,28,30). The molecule has 0 unspecified atom stereocenters. The number of thiophene rings is 2. The second kappa shape index (κ2) is 9.16. The number of anilines is 1. The van der Waals surface area contributed by atoms with Crippen LogP contribution in [-0.4, -0.2) is 26.6 Å². The molecule has 4 aromatic rings. The second-order valence-corrected chi connectivity index (χ2v) is 9.95. The van der Waals surface area contributed by atoms with Gasteiger partial charge in [0.2, 0.25) is 5.91 Å². The van der Waals surface area contributed by atoms with Gasteiger partial charge in [-0.3, -0.25) is 14.3 Å². The van der Waals surface area contributed by atoms with Crippen LogP contribution in [-0.2, 0) is 11.3 Å². The van der Waals surface area contributed by atoms with E-state index in [1.54, 1.807) is 11.6 Å². The van der Waals surface area contributed by atoms with Crippen molar-refractivity contribution in [3.63, 3.8) is 0 Å². The zero-order valence-corrected chi connectivity index (χ0v) is 19.9. The highest BCUT2D eigenvalue weighted by Gasteiger charge is 2.25. The summed E-state index contributed by atoms with van der Waals surface area (Å²) in [5.74, 6) is -1.18. The molecule has 4 heterocycles. The van der Waals surface area contributed by atoms with Crippen molar-refractivity contribution < 1.29 is 18.4 Å². The van der Waals surface area contributed by atoms with Crippen LogP contribution in [0.3, 0.4) is 0 Å². The van der Waals surface area contributed by atoms with Gasteiger partial charge in [0.05, 0.1) is 29.1 Å². The van der Waals surface area contributed by atoms with Gasteiger partial charge in [-0.25, -0.2) is 13.8 Å². The van der Waals surface area contributed by atoms with E-state index < -0.39 is 23.9 Å². The van der Waals surface area contributed by atoms with Crippen molar-refractivity contribution in [2.75, 3.05) is 5.32 Å². The first-order valence-electron chi connectivity index (χ1n) is 9.75. The summed E-state index contributed by atoms with van der Waals surface area (Å²) in [6.45, 7) is 3.95. The molecule has 0 aliphatic carbocycles. The molecular weight excluding hydrogens is 492 g/mol. The highest BCUT2D eigenvalue weighted by Crippen LogP contribution is 2.44. The van der Waals surface area contributed by atoms with Gasteiger partial charge >= 0.3 is 0 Å². The van der Waals surface area contributed by atoms with E-state index in [-0.39, 0.29) is 28.4 Å². The molecule has 0 bridgehead atoms. The van der Waals surface area contributed by atoms with E-state index in [9.17, 15) is 18.4 Å². The molecule has 172 valence electrons. The van der Waals surface area contributed by atoms with E-state index >= 15 is 0 Å². The van der Waals surface area contributed by atoms with E-state index in [4.69, 9.17) is 17.3 Å². The molecule has 0 aromatic carbocycles. The number of primary amides is 1. The molecule has 0 saturated heterocycles. The third-order valence-electron chi connectivity index (χ3n) is 4.99. The van der Waals surface area contributed by atoms with Crippen molar-refractivity contribution in [3.8, 4) is 10.4 Å². The lowest BCUT2D eigenvalue weighted by Crippen LogP contribution is -2.18. The van der Waals surface area contributed by atoms with Crippen LogP contribution in [0.2, 0.25) is 5.02 Å². The number of aryl methyl sites for hydroxylation is 2. The van der Waals surface area contributed by atoms with E-state index in [1.807, 2.05) is 19.1 Å². The maximum absolute atomic E-state index is 13.5. The number of hydrogen-bond acceptors (Lipinski definition) is 6. The van der Waals surface area contributed by atoms with Crippen molar-refractivity contribution in [2.45, 2.75) is 33.2 Å². The number of carbonyl (C=O) groups excluding carboxylic acids is 2. The van der Waals surface area contributed by atoms with Crippen LogP contribution in [0, 0.1) is 13.8 Å². The molecule has 33 heavy (non-hydrogen) atoms. The lowest BCUT2D eigenvalue weighted by Gasteiger charge is -2.10. The SMILES string of the molecule is Cc1ccc(-c2cc(C(F)F)nc3sc(C(N)=O)c(NC(=O)CCn4ncc(Cl)c4C)c23)s1. The molecule has 0 fully saturated rings. The minimum atomic E-state index is -2.80. The average molecular weight is 510 g/mol. The maximum atomic E-state index is 13.5. The molecule has 0 spiro atoms. The molecule has 0 aliphatic heterocycles. The Morgan fingerprint density at radius 3 is 2.61 bits per heavy atom. The summed E-state index contributed by atoms with van der Waals surface area (Å²) < 4.78 is 28.7. The van der Waals surface area contributed by atoms with Crippen LogP contribution in [0.4, 0.5) is 14.5 Å². The number of nitrogens with one attached hydrogen (secondary N) is 1. The molecule has 0 radical (unpaired) electrons. The Hall–Kier alpha value is -2.89. The molecule has 0 saturated carbocycles. The maximum Gasteiger partial charge on any atom is 0.280 e. The van der Waals surface area contributed by atoms with Crippen molar-refractivity contribution in [1.29, 1.82) is 0 Å². The third-order valence-corrected chi connectivity index (χ3v) is 7.50. The Bertz CT molecular complexity index is 1380. The number of rotatable bonds is 7. The first kappa shape index (κ1) is 23.3. The van der Waals surface area contributed by atoms with Crippen LogP contribution in [0.5, 0.6) is 0 Å². The number of fused-ring (bicyclic) bond motifs is 1. The summed E-state index contributed by atoms with van der Waals surface area (Å²) >= 11 is 8.29. The van der Waals surface area contributed by atoms with Crippen LogP contribution < -0.4 is 11.1 Å². The number of hydrogen-bond donors (Lipinski definition) is 2. The summed E-state index contributed by atoms with van der Waals surface area (Å²) in [5, 5.41) is 7.77. The molecule has 0 aliphatic rings. The van der Waals surface area contributed by atoms with Gasteiger partial charge in [0.25, 0.3) is 12.3 Å². The van der Waals surface area contributed by atoms with Crippen LogP contribution in [0.25, 0.3) is 20.7 Å². The molecule has 12 heteroatoms. The minimum absolute atomic E-state index is 0.0460. The van der Waals surface area contributed by atoms with Gasteiger partial charge in [-0.15, -0.1) is 22.7 Å². The Morgan fingerprint density at radius 2 is 2.03 bits per heavy atom. The minimum Gasteiger partial charge on any atom is -0.365 e. The summed E-state index contributed by atoms with van der Waals surface area (Å²) in [7, 11) is 0. The van der Waals surface area contributed by atoms with Gasteiger partial charge in [0.1, 0.15) is 15.4 Å². The molecular formula is C21H18ClF2N5O2S2. The zero-order chi connectivity index (χ0) is 23.9. The Labute approximate surface area is 200 Å². The van der Waals surface area contributed by atoms with Gasteiger partial charge in [0, 0.05) is 27.1 Å². The number of pyridine rings is 1. The van der Waals surface area contributed by atoms with Crippen molar-refractivity contribution >= 4 is 62.0 Å². The fraction of sp³-hybridized carbons (Fsp3) is 0.238. The third kappa shape index (κ3) is 4.61. The van der Waals surface area contributed by atoms with Gasteiger partial charge in [-0.05, 0) is 32.0 Å². The summed E-state index contributed by atoms with van der Waals surface area (Å²) in [4.78, 5) is 30.9. The topological polar surface area (TPSA) is 103 Å². The molecule has 0 atom stereocenters. The lowest BCUT2D eigenvalue weighted by molar-refractivity contribution is -0.116. The zero-order valence-electron chi connectivity index (χ0n) is 17.5. The Morgan fingerprint density at radius 1 is 1.27 bits per heavy atom. The smallest absolute Gasteiger partial charge is 0.280 e. The van der Waals surface area contributed by atoms with Crippen molar-refractivity contribution in [3.05, 3.63) is 50.6 Å². The van der Waals surface area contributed by atoms with Gasteiger partial charge in [-0.2, -0.15) is 5.10 Å². The predicted octanol–water partition coefficient (Wildman–Crippen LogP) is 5.56.